The van der Waals surface area contributed by atoms with E-state index in [1.165, 1.54) is 18.4 Å². The fraction of sp³-hybridized carbons (Fsp3) is 0.429. The maximum atomic E-state index is 4.54. The zero-order valence-electron chi connectivity index (χ0n) is 10.6. The summed E-state index contributed by atoms with van der Waals surface area (Å²) in [4.78, 5) is 8.57. The van der Waals surface area contributed by atoms with Crippen LogP contribution in [0.5, 0.6) is 0 Å². The largest absolute Gasteiger partial charge is 0.355 e. The van der Waals surface area contributed by atoms with Gasteiger partial charge < -0.3 is 9.88 Å². The summed E-state index contributed by atoms with van der Waals surface area (Å²) >= 11 is 0. The normalized spacial score (nSPS) is 14.7. The van der Waals surface area contributed by atoms with E-state index < -0.39 is 0 Å². The van der Waals surface area contributed by atoms with E-state index in [-0.39, 0.29) is 0 Å². The third kappa shape index (κ3) is 2.53. The molecule has 4 heteroatoms. The van der Waals surface area contributed by atoms with Gasteiger partial charge in [0.25, 0.3) is 0 Å². The summed E-state index contributed by atoms with van der Waals surface area (Å²) in [6.07, 6.45) is 9.39. The molecule has 94 valence electrons. The van der Waals surface area contributed by atoms with Crippen molar-refractivity contribution < 1.29 is 0 Å². The van der Waals surface area contributed by atoms with Crippen LogP contribution in [0.2, 0.25) is 0 Å². The molecular formula is C14H18N4. The lowest BCUT2D eigenvalue weighted by Crippen LogP contribution is -2.10. The summed E-state index contributed by atoms with van der Waals surface area (Å²) < 4.78 is 2.28. The van der Waals surface area contributed by atoms with Crippen LogP contribution in [-0.4, -0.2) is 21.1 Å². The van der Waals surface area contributed by atoms with Crippen LogP contribution in [0.4, 0.5) is 5.95 Å². The van der Waals surface area contributed by atoms with E-state index in [4.69, 9.17) is 0 Å². The maximum Gasteiger partial charge on any atom is 0.203 e. The van der Waals surface area contributed by atoms with Gasteiger partial charge in [0.05, 0.1) is 5.69 Å². The van der Waals surface area contributed by atoms with E-state index >= 15 is 0 Å². The van der Waals surface area contributed by atoms with Crippen molar-refractivity contribution in [3.05, 3.63) is 42.0 Å². The minimum atomic E-state index is 0.676. The van der Waals surface area contributed by atoms with Crippen LogP contribution < -0.4 is 5.32 Å². The highest BCUT2D eigenvalue weighted by Crippen LogP contribution is 2.37. The highest BCUT2D eigenvalue weighted by molar-refractivity contribution is 5.31. The third-order valence-corrected chi connectivity index (χ3v) is 3.24. The maximum absolute atomic E-state index is 4.54. The molecule has 0 spiro atoms. The molecule has 4 nitrogen and oxygen atoms in total. The number of aryl methyl sites for hydroxylation is 1. The van der Waals surface area contributed by atoms with Gasteiger partial charge in [-0.15, -0.1) is 0 Å². The molecule has 0 aromatic carbocycles. The monoisotopic (exact) mass is 242 g/mol. The first-order chi connectivity index (χ1) is 8.83. The molecule has 0 saturated heterocycles. The Bertz CT molecular complexity index is 514. The van der Waals surface area contributed by atoms with Gasteiger partial charge in [-0.25, -0.2) is 4.98 Å². The quantitative estimate of drug-likeness (QED) is 0.876. The smallest absolute Gasteiger partial charge is 0.203 e. The molecule has 1 aliphatic carbocycles. The fourth-order valence-corrected chi connectivity index (χ4v) is 2.15. The van der Waals surface area contributed by atoms with E-state index in [0.29, 0.717) is 6.04 Å². The van der Waals surface area contributed by atoms with Gasteiger partial charge >= 0.3 is 0 Å². The highest BCUT2D eigenvalue weighted by Gasteiger charge is 2.25. The Kier molecular flexibility index (Phi) is 3.00. The first kappa shape index (κ1) is 11.3. The predicted octanol–water partition coefficient (Wildman–Crippen LogP) is 2.58. The molecule has 0 amide bonds. The van der Waals surface area contributed by atoms with Crippen molar-refractivity contribution >= 4 is 5.95 Å². The van der Waals surface area contributed by atoms with Crippen molar-refractivity contribution in [2.24, 2.45) is 0 Å². The van der Waals surface area contributed by atoms with Gasteiger partial charge in [0, 0.05) is 31.2 Å². The van der Waals surface area contributed by atoms with Crippen LogP contribution in [0.3, 0.4) is 0 Å². The Morgan fingerprint density at radius 2 is 2.11 bits per heavy atom. The second-order valence-corrected chi connectivity index (χ2v) is 4.88. The summed E-state index contributed by atoms with van der Waals surface area (Å²) in [6.45, 7) is 2.96. The van der Waals surface area contributed by atoms with Gasteiger partial charge in [0.1, 0.15) is 0 Å². The summed E-state index contributed by atoms with van der Waals surface area (Å²) in [7, 11) is 0. The summed E-state index contributed by atoms with van der Waals surface area (Å²) in [5.74, 6) is 1.02. The highest BCUT2D eigenvalue weighted by atomic mass is 15.2. The molecular weight excluding hydrogens is 224 g/mol. The number of imidazole rings is 1. The number of aromatic nitrogens is 3. The van der Waals surface area contributed by atoms with Crippen LogP contribution in [0, 0.1) is 6.92 Å². The van der Waals surface area contributed by atoms with E-state index in [9.17, 15) is 0 Å². The van der Waals surface area contributed by atoms with Crippen molar-refractivity contribution in [3.8, 4) is 0 Å². The Labute approximate surface area is 107 Å². The van der Waals surface area contributed by atoms with Gasteiger partial charge in [-0.05, 0) is 43.9 Å². The standard InChI is InChI=1S/C14H18N4/c1-11-10-18(13-2-3-13)14(17-11)16-9-6-12-4-7-15-8-5-12/h4-5,7-8,10,13H,2-3,6,9H2,1H3,(H,16,17). The van der Waals surface area contributed by atoms with Crippen molar-refractivity contribution in [1.82, 2.24) is 14.5 Å². The Hall–Kier alpha value is -1.84. The number of rotatable bonds is 5. The molecule has 1 saturated carbocycles. The molecule has 0 radical (unpaired) electrons. The van der Waals surface area contributed by atoms with Crippen molar-refractivity contribution in [1.29, 1.82) is 0 Å². The minimum absolute atomic E-state index is 0.676. The molecule has 0 aliphatic heterocycles. The van der Waals surface area contributed by atoms with Gasteiger partial charge in [-0.3, -0.25) is 4.98 Å². The number of hydrogen-bond acceptors (Lipinski definition) is 3. The van der Waals surface area contributed by atoms with Crippen LogP contribution in [0.15, 0.2) is 30.7 Å². The molecule has 2 aromatic rings. The Morgan fingerprint density at radius 3 is 2.83 bits per heavy atom. The SMILES string of the molecule is Cc1cn(C2CC2)c(NCCc2ccncc2)n1. The van der Waals surface area contributed by atoms with Crippen LogP contribution >= 0.6 is 0 Å². The number of anilines is 1. The van der Waals surface area contributed by atoms with Gasteiger partial charge in [0.2, 0.25) is 5.95 Å². The number of hydrogen-bond donors (Lipinski definition) is 1. The first-order valence-corrected chi connectivity index (χ1v) is 6.51. The average molecular weight is 242 g/mol. The molecule has 0 unspecified atom stereocenters. The topological polar surface area (TPSA) is 42.7 Å². The van der Waals surface area contributed by atoms with Gasteiger partial charge in [-0.1, -0.05) is 0 Å². The number of nitrogens with zero attached hydrogens (tertiary/aromatic N) is 3. The Morgan fingerprint density at radius 1 is 1.33 bits per heavy atom. The van der Waals surface area contributed by atoms with Crippen LogP contribution in [0.1, 0.15) is 30.1 Å². The molecule has 2 heterocycles. The molecule has 18 heavy (non-hydrogen) atoms. The fourth-order valence-electron chi connectivity index (χ4n) is 2.15. The molecule has 0 bridgehead atoms. The molecule has 2 aromatic heterocycles. The molecule has 1 N–H and O–H groups in total. The molecule has 1 aliphatic rings. The van der Waals surface area contributed by atoms with E-state index in [1.807, 2.05) is 19.3 Å². The van der Waals surface area contributed by atoms with Crippen LogP contribution in [-0.2, 0) is 6.42 Å². The van der Waals surface area contributed by atoms with E-state index in [2.05, 4.69) is 38.2 Å². The summed E-state index contributed by atoms with van der Waals surface area (Å²) in [5, 5.41) is 3.44. The average Bonchev–Trinajstić information content (AvgIpc) is 3.15. The lowest BCUT2D eigenvalue weighted by molar-refractivity contribution is 0.742. The van der Waals surface area contributed by atoms with Crippen molar-refractivity contribution in [2.75, 3.05) is 11.9 Å². The zero-order chi connectivity index (χ0) is 12.4. The molecule has 1 fully saturated rings. The second-order valence-electron chi connectivity index (χ2n) is 4.88. The lowest BCUT2D eigenvalue weighted by Gasteiger charge is -2.08. The minimum Gasteiger partial charge on any atom is -0.355 e. The summed E-state index contributed by atoms with van der Waals surface area (Å²) in [5.41, 5.74) is 2.40. The Balaban J connectivity index is 1.60. The molecule has 0 atom stereocenters. The third-order valence-electron chi connectivity index (χ3n) is 3.24. The second kappa shape index (κ2) is 4.80. The zero-order valence-corrected chi connectivity index (χ0v) is 10.6. The number of nitrogens with one attached hydrogen (secondary N) is 1. The van der Waals surface area contributed by atoms with Crippen LogP contribution in [0.25, 0.3) is 0 Å². The lowest BCUT2D eigenvalue weighted by atomic mass is 10.2. The van der Waals surface area contributed by atoms with E-state index in [0.717, 1.165) is 24.6 Å². The van der Waals surface area contributed by atoms with E-state index in [1.54, 1.807) is 0 Å². The summed E-state index contributed by atoms with van der Waals surface area (Å²) in [6, 6.07) is 4.79. The van der Waals surface area contributed by atoms with Crippen molar-refractivity contribution in [3.63, 3.8) is 0 Å². The van der Waals surface area contributed by atoms with Gasteiger partial charge in [0.15, 0.2) is 0 Å². The van der Waals surface area contributed by atoms with Gasteiger partial charge in [-0.2, -0.15) is 0 Å². The first-order valence-electron chi connectivity index (χ1n) is 6.51. The molecule has 3 rings (SSSR count). The number of pyridine rings is 1. The predicted molar refractivity (Wildman–Crippen MR) is 71.7 cm³/mol. The van der Waals surface area contributed by atoms with Crippen molar-refractivity contribution in [2.45, 2.75) is 32.2 Å².